The van der Waals surface area contributed by atoms with Crippen LogP contribution in [0.25, 0.3) is 11.2 Å². The van der Waals surface area contributed by atoms with Crippen molar-refractivity contribution in [2.24, 2.45) is 0 Å². The van der Waals surface area contributed by atoms with Crippen molar-refractivity contribution in [2.75, 3.05) is 5.32 Å². The molecule has 3 aromatic rings. The van der Waals surface area contributed by atoms with Crippen molar-refractivity contribution >= 4 is 22.9 Å². The molecule has 9 nitrogen and oxygen atoms in total. The van der Waals surface area contributed by atoms with Crippen LogP contribution in [0.3, 0.4) is 0 Å². The number of fused-ring (bicyclic) bond motifs is 2. The zero-order valence-corrected chi connectivity index (χ0v) is 17.5. The topological polar surface area (TPSA) is 111 Å². The van der Waals surface area contributed by atoms with Gasteiger partial charge in [-0.1, -0.05) is 30.2 Å². The third kappa shape index (κ3) is 3.35. The molecule has 1 aliphatic heterocycles. The number of amides is 1. The van der Waals surface area contributed by atoms with Gasteiger partial charge in [0, 0.05) is 5.56 Å². The lowest BCUT2D eigenvalue weighted by molar-refractivity contribution is -0.148. The van der Waals surface area contributed by atoms with Crippen LogP contribution in [0.5, 0.6) is 0 Å². The summed E-state index contributed by atoms with van der Waals surface area (Å²) >= 11 is 0. The van der Waals surface area contributed by atoms with Crippen molar-refractivity contribution in [1.82, 2.24) is 19.5 Å². The highest BCUT2D eigenvalue weighted by Gasteiger charge is 2.52. The summed E-state index contributed by atoms with van der Waals surface area (Å²) in [6.07, 6.45) is 8.27. The Morgan fingerprint density at radius 2 is 2.03 bits per heavy atom. The Kier molecular flexibility index (Phi) is 4.78. The zero-order valence-electron chi connectivity index (χ0n) is 17.5. The van der Waals surface area contributed by atoms with E-state index in [2.05, 4.69) is 26.2 Å². The second kappa shape index (κ2) is 7.53. The first-order chi connectivity index (χ1) is 15.4. The van der Waals surface area contributed by atoms with Gasteiger partial charge in [0.25, 0.3) is 5.91 Å². The Labute approximate surface area is 184 Å². The number of aliphatic hydroxyl groups excluding tert-OH is 1. The monoisotopic (exact) mass is 431 g/mol. The van der Waals surface area contributed by atoms with Crippen LogP contribution in [0, 0.1) is 12.3 Å². The van der Waals surface area contributed by atoms with E-state index in [4.69, 9.17) is 15.9 Å². The van der Waals surface area contributed by atoms with Crippen LogP contribution in [0.2, 0.25) is 0 Å². The number of carbonyl (C=O) groups is 1. The molecule has 0 spiro atoms. The van der Waals surface area contributed by atoms with Crippen LogP contribution in [-0.4, -0.2) is 54.6 Å². The molecule has 5 rings (SSSR count). The minimum Gasteiger partial charge on any atom is -0.376 e. The minimum atomic E-state index is -1.09. The van der Waals surface area contributed by atoms with Crippen LogP contribution >= 0.6 is 0 Å². The molecule has 162 valence electrons. The van der Waals surface area contributed by atoms with E-state index in [1.807, 2.05) is 30.6 Å². The summed E-state index contributed by atoms with van der Waals surface area (Å²) < 4.78 is 13.9. The highest BCUT2D eigenvalue weighted by atomic mass is 16.8. The predicted molar refractivity (Wildman–Crippen MR) is 116 cm³/mol. The fourth-order valence-corrected chi connectivity index (χ4v) is 4.20. The number of imidazole rings is 1. The molecule has 0 radical (unpaired) electrons. The van der Waals surface area contributed by atoms with E-state index in [1.165, 1.54) is 6.33 Å². The molecule has 1 amide bonds. The number of nitrogens with one attached hydrogen (secondary N) is 1. The smallest absolute Gasteiger partial charge is 0.256 e. The normalized spacial score (nSPS) is 24.6. The van der Waals surface area contributed by atoms with Gasteiger partial charge in [-0.25, -0.2) is 15.0 Å². The first kappa shape index (κ1) is 20.3. The Balaban J connectivity index is 1.52. The van der Waals surface area contributed by atoms with Crippen molar-refractivity contribution in [3.05, 3.63) is 60.2 Å². The number of carbonyl (C=O) groups excluding carboxylic acids is 1. The average molecular weight is 431 g/mol. The maximum absolute atomic E-state index is 12.6. The van der Waals surface area contributed by atoms with Crippen LogP contribution in [0.1, 0.15) is 30.2 Å². The predicted octanol–water partition coefficient (Wildman–Crippen LogP) is 2.07. The SMILES string of the molecule is C#C[C@@H](O)C1=C[C@@H](n2cnc3c(NC(=O)c4ccccc4)ncnc32)[C@@H]2OC(C)(C)O[C@H]12. The fraction of sp³-hybridized carbons (Fsp3) is 0.304. The van der Waals surface area contributed by atoms with Gasteiger partial charge in [0.15, 0.2) is 22.8 Å². The number of terminal acetylenes is 1. The Morgan fingerprint density at radius 3 is 2.78 bits per heavy atom. The summed E-state index contributed by atoms with van der Waals surface area (Å²) in [5.74, 6) is 1.52. The number of ether oxygens (including phenoxy) is 2. The van der Waals surface area contributed by atoms with Crippen LogP contribution < -0.4 is 5.32 Å². The maximum Gasteiger partial charge on any atom is 0.256 e. The number of hydrogen-bond donors (Lipinski definition) is 2. The third-order valence-corrected chi connectivity index (χ3v) is 5.58. The summed E-state index contributed by atoms with van der Waals surface area (Å²) in [5.41, 5.74) is 2.02. The number of rotatable bonds is 4. The molecule has 1 aliphatic carbocycles. The van der Waals surface area contributed by atoms with E-state index in [-0.39, 0.29) is 11.9 Å². The van der Waals surface area contributed by atoms with Crippen molar-refractivity contribution in [3.8, 4) is 12.3 Å². The molecule has 1 aromatic carbocycles. The number of aromatic nitrogens is 4. The van der Waals surface area contributed by atoms with Gasteiger partial charge in [-0.3, -0.25) is 4.79 Å². The fourth-order valence-electron chi connectivity index (χ4n) is 4.20. The van der Waals surface area contributed by atoms with Crippen LogP contribution in [0.4, 0.5) is 5.82 Å². The third-order valence-electron chi connectivity index (χ3n) is 5.58. The molecular formula is C23H21N5O4. The van der Waals surface area contributed by atoms with Gasteiger partial charge in [-0.05, 0) is 31.6 Å². The van der Waals surface area contributed by atoms with Crippen LogP contribution in [-0.2, 0) is 9.47 Å². The summed E-state index contributed by atoms with van der Waals surface area (Å²) in [7, 11) is 0. The standard InChI is InChI=1S/C23H21N5O4/c1-4-16(29)14-10-15(19-18(14)31-23(2,3)32-19)28-12-26-17-20(24-11-25-21(17)28)27-22(30)13-8-6-5-7-9-13/h1,5-12,15-16,18-19,29H,2-3H3,(H,24,25,27,30)/t15-,16-,18-,19+/m1/s1. The van der Waals surface area contributed by atoms with Gasteiger partial charge >= 0.3 is 0 Å². The van der Waals surface area contributed by atoms with Crippen molar-refractivity contribution in [1.29, 1.82) is 0 Å². The van der Waals surface area contributed by atoms with Gasteiger partial charge < -0.3 is 24.5 Å². The van der Waals surface area contributed by atoms with E-state index in [0.717, 1.165) is 0 Å². The molecule has 0 bridgehead atoms. The first-order valence-electron chi connectivity index (χ1n) is 10.1. The van der Waals surface area contributed by atoms with E-state index in [1.54, 1.807) is 30.6 Å². The van der Waals surface area contributed by atoms with Gasteiger partial charge in [-0.15, -0.1) is 6.42 Å². The summed E-state index contributed by atoms with van der Waals surface area (Å²) in [6, 6.07) is 8.48. The first-order valence-corrected chi connectivity index (χ1v) is 10.1. The molecule has 2 aliphatic rings. The quantitative estimate of drug-likeness (QED) is 0.481. The molecule has 9 heteroatoms. The van der Waals surface area contributed by atoms with Gasteiger partial charge in [-0.2, -0.15) is 0 Å². The molecule has 0 unspecified atom stereocenters. The number of benzene rings is 1. The number of anilines is 1. The van der Waals surface area contributed by atoms with E-state index in [0.29, 0.717) is 28.1 Å². The highest BCUT2D eigenvalue weighted by molar-refractivity contribution is 6.06. The maximum atomic E-state index is 12.6. The Bertz CT molecular complexity index is 1260. The average Bonchev–Trinajstić information content (AvgIpc) is 3.44. The lowest BCUT2D eigenvalue weighted by Crippen LogP contribution is -2.29. The molecule has 3 heterocycles. The molecule has 2 aromatic heterocycles. The van der Waals surface area contributed by atoms with Gasteiger partial charge in [0.1, 0.15) is 24.6 Å². The highest BCUT2D eigenvalue weighted by Crippen LogP contribution is 2.44. The molecule has 32 heavy (non-hydrogen) atoms. The second-order valence-corrected chi connectivity index (χ2v) is 8.11. The van der Waals surface area contributed by atoms with E-state index in [9.17, 15) is 9.90 Å². The second-order valence-electron chi connectivity index (χ2n) is 8.11. The van der Waals surface area contributed by atoms with Crippen LogP contribution in [0.15, 0.2) is 54.6 Å². The molecule has 1 saturated heterocycles. The largest absolute Gasteiger partial charge is 0.376 e. The van der Waals surface area contributed by atoms with E-state index >= 15 is 0 Å². The molecule has 2 N–H and O–H groups in total. The number of nitrogens with zero attached hydrogens (tertiary/aromatic N) is 4. The summed E-state index contributed by atoms with van der Waals surface area (Å²) in [5, 5.41) is 13.1. The number of hydrogen-bond acceptors (Lipinski definition) is 7. The van der Waals surface area contributed by atoms with Gasteiger partial charge in [0.2, 0.25) is 0 Å². The lowest BCUT2D eigenvalue weighted by atomic mass is 10.1. The molecule has 4 atom stereocenters. The molecule has 1 fully saturated rings. The summed E-state index contributed by atoms with van der Waals surface area (Å²) in [4.78, 5) is 25.6. The van der Waals surface area contributed by atoms with Gasteiger partial charge in [0.05, 0.1) is 12.4 Å². The summed E-state index contributed by atoms with van der Waals surface area (Å²) in [6.45, 7) is 3.63. The lowest BCUT2D eigenvalue weighted by Gasteiger charge is -2.21. The minimum absolute atomic E-state index is 0.297. The van der Waals surface area contributed by atoms with Crippen molar-refractivity contribution < 1.29 is 19.4 Å². The van der Waals surface area contributed by atoms with Crippen molar-refractivity contribution in [2.45, 2.75) is 44.0 Å². The Morgan fingerprint density at radius 1 is 1.25 bits per heavy atom. The molecular weight excluding hydrogens is 410 g/mol. The Hall–Kier alpha value is -3.58. The van der Waals surface area contributed by atoms with Crippen molar-refractivity contribution in [3.63, 3.8) is 0 Å². The molecule has 0 saturated carbocycles. The number of aliphatic hydroxyl groups is 1. The van der Waals surface area contributed by atoms with E-state index < -0.39 is 24.1 Å². The zero-order chi connectivity index (χ0) is 22.5.